The molecule has 2 aromatic heterocycles. The van der Waals surface area contributed by atoms with Crippen molar-refractivity contribution in [1.29, 1.82) is 0 Å². The third-order valence-electron chi connectivity index (χ3n) is 2.07. The topological polar surface area (TPSA) is 43.6 Å². The van der Waals surface area contributed by atoms with Crippen molar-refractivity contribution in [3.8, 4) is 0 Å². The maximum absolute atomic E-state index is 10.9. The summed E-state index contributed by atoms with van der Waals surface area (Å²) in [6.45, 7) is 0. The second-order valence-corrected chi connectivity index (χ2v) is 5.18. The Morgan fingerprint density at radius 3 is 3.31 bits per heavy atom. The van der Waals surface area contributed by atoms with Gasteiger partial charge < -0.3 is 4.74 Å². The van der Waals surface area contributed by atoms with Crippen molar-refractivity contribution >= 4 is 34.0 Å². The summed E-state index contributed by atoms with van der Waals surface area (Å²) in [5, 5.41) is 2.01. The monoisotopic (exact) mass is 256 g/mol. The van der Waals surface area contributed by atoms with Gasteiger partial charge in [-0.2, -0.15) is 11.8 Å². The Hall–Kier alpha value is -1.01. The largest absolute Gasteiger partial charge is 0.469 e. The first kappa shape index (κ1) is 11.5. The number of thiazole rings is 1. The third-order valence-corrected chi connectivity index (χ3v) is 3.83. The molecule has 0 fully saturated rings. The number of hydrogen-bond acceptors (Lipinski definition) is 5. The fraction of sp³-hybridized carbons (Fsp3) is 0.400. The van der Waals surface area contributed by atoms with Gasteiger partial charge in [0, 0.05) is 29.3 Å². The molecule has 0 unspecified atom stereocenters. The van der Waals surface area contributed by atoms with Crippen LogP contribution in [-0.2, 0) is 15.3 Å². The van der Waals surface area contributed by atoms with Gasteiger partial charge >= 0.3 is 5.97 Å². The van der Waals surface area contributed by atoms with Gasteiger partial charge in [0.1, 0.15) is 0 Å². The van der Waals surface area contributed by atoms with Crippen LogP contribution in [0.5, 0.6) is 0 Å². The van der Waals surface area contributed by atoms with Crippen LogP contribution in [0.25, 0.3) is 4.96 Å². The SMILES string of the molecule is COC(=O)CCSCc1cn2ccsc2n1. The Balaban J connectivity index is 1.78. The average Bonchev–Trinajstić information content (AvgIpc) is 2.84. The fourth-order valence-electron chi connectivity index (χ4n) is 1.28. The van der Waals surface area contributed by atoms with Crippen LogP contribution in [0.3, 0.4) is 0 Å². The lowest BCUT2D eigenvalue weighted by atomic mass is 10.5. The standard InChI is InChI=1S/C10H12N2O2S2/c1-14-9(13)2-4-15-7-8-6-12-3-5-16-10(12)11-8/h3,5-6H,2,4,7H2,1H3. The molecular formula is C10H12N2O2S2. The van der Waals surface area contributed by atoms with Crippen molar-refractivity contribution in [1.82, 2.24) is 9.38 Å². The van der Waals surface area contributed by atoms with Crippen molar-refractivity contribution in [2.75, 3.05) is 12.9 Å². The molecule has 0 radical (unpaired) electrons. The number of esters is 1. The number of hydrogen-bond donors (Lipinski definition) is 0. The molecule has 0 amide bonds. The Morgan fingerprint density at radius 2 is 2.56 bits per heavy atom. The zero-order chi connectivity index (χ0) is 11.4. The van der Waals surface area contributed by atoms with E-state index in [0.717, 1.165) is 22.2 Å². The van der Waals surface area contributed by atoms with Crippen molar-refractivity contribution in [3.63, 3.8) is 0 Å². The van der Waals surface area contributed by atoms with Crippen LogP contribution < -0.4 is 0 Å². The minimum Gasteiger partial charge on any atom is -0.469 e. The van der Waals surface area contributed by atoms with Crippen LogP contribution in [0, 0.1) is 0 Å². The van der Waals surface area contributed by atoms with E-state index in [2.05, 4.69) is 9.72 Å². The van der Waals surface area contributed by atoms with E-state index in [1.807, 2.05) is 22.2 Å². The number of thioether (sulfide) groups is 1. The highest BCUT2D eigenvalue weighted by atomic mass is 32.2. The Bertz CT molecular complexity index is 449. The molecule has 0 aliphatic rings. The first-order chi connectivity index (χ1) is 7.79. The van der Waals surface area contributed by atoms with Crippen molar-refractivity contribution < 1.29 is 9.53 Å². The molecule has 0 spiro atoms. The number of carbonyl (C=O) groups is 1. The molecule has 0 saturated carbocycles. The molecule has 0 saturated heterocycles. The fourth-order valence-corrected chi connectivity index (χ4v) is 2.80. The highest BCUT2D eigenvalue weighted by Gasteiger charge is 2.04. The van der Waals surface area contributed by atoms with E-state index in [0.29, 0.717) is 6.42 Å². The van der Waals surface area contributed by atoms with Crippen LogP contribution >= 0.6 is 23.1 Å². The van der Waals surface area contributed by atoms with Gasteiger partial charge in [-0.05, 0) is 0 Å². The van der Waals surface area contributed by atoms with Gasteiger partial charge in [-0.1, -0.05) is 0 Å². The predicted octanol–water partition coefficient (Wildman–Crippen LogP) is 2.19. The number of carbonyl (C=O) groups excluding carboxylic acids is 1. The third kappa shape index (κ3) is 2.76. The molecule has 0 aromatic carbocycles. The first-order valence-corrected chi connectivity index (χ1v) is 6.88. The average molecular weight is 256 g/mol. The molecule has 0 aliphatic carbocycles. The Morgan fingerprint density at radius 1 is 1.69 bits per heavy atom. The first-order valence-electron chi connectivity index (χ1n) is 4.85. The Labute approximate surface area is 102 Å². The molecule has 16 heavy (non-hydrogen) atoms. The van der Waals surface area contributed by atoms with Crippen LogP contribution in [0.15, 0.2) is 17.8 Å². The Kier molecular flexibility index (Phi) is 3.84. The number of imidazole rings is 1. The number of ether oxygens (including phenoxy) is 1. The molecule has 4 nitrogen and oxygen atoms in total. The highest BCUT2D eigenvalue weighted by molar-refractivity contribution is 7.98. The van der Waals surface area contributed by atoms with Gasteiger partial charge in [0.25, 0.3) is 0 Å². The molecular weight excluding hydrogens is 244 g/mol. The van der Waals surface area contributed by atoms with Gasteiger partial charge in [-0.25, -0.2) is 4.98 Å². The number of fused-ring (bicyclic) bond motifs is 1. The van der Waals surface area contributed by atoms with E-state index in [1.54, 1.807) is 23.1 Å². The second kappa shape index (κ2) is 5.36. The molecule has 2 aromatic rings. The number of aromatic nitrogens is 2. The lowest BCUT2D eigenvalue weighted by molar-refractivity contribution is -0.140. The maximum Gasteiger partial charge on any atom is 0.306 e. The molecule has 0 aliphatic heterocycles. The van der Waals surface area contributed by atoms with Crippen molar-refractivity contribution in [2.45, 2.75) is 12.2 Å². The van der Waals surface area contributed by atoms with Crippen LogP contribution in [0.2, 0.25) is 0 Å². The van der Waals surface area contributed by atoms with Crippen molar-refractivity contribution in [2.24, 2.45) is 0 Å². The summed E-state index contributed by atoms with van der Waals surface area (Å²) < 4.78 is 6.58. The van der Waals surface area contributed by atoms with Gasteiger partial charge in [0.05, 0.1) is 19.2 Å². The zero-order valence-corrected chi connectivity index (χ0v) is 10.5. The molecule has 0 bridgehead atoms. The maximum atomic E-state index is 10.9. The molecule has 86 valence electrons. The van der Waals surface area contributed by atoms with E-state index >= 15 is 0 Å². The molecule has 2 heterocycles. The van der Waals surface area contributed by atoms with Gasteiger partial charge in [-0.15, -0.1) is 11.3 Å². The normalized spacial score (nSPS) is 10.8. The zero-order valence-electron chi connectivity index (χ0n) is 8.88. The molecule has 0 atom stereocenters. The van der Waals surface area contributed by atoms with E-state index in [1.165, 1.54) is 7.11 Å². The summed E-state index contributed by atoms with van der Waals surface area (Å²) in [5.74, 6) is 1.46. The van der Waals surface area contributed by atoms with E-state index < -0.39 is 0 Å². The van der Waals surface area contributed by atoms with E-state index in [9.17, 15) is 4.79 Å². The minimum absolute atomic E-state index is 0.154. The van der Waals surface area contributed by atoms with Gasteiger partial charge in [0.15, 0.2) is 4.96 Å². The second-order valence-electron chi connectivity index (χ2n) is 3.20. The number of rotatable bonds is 5. The number of nitrogens with zero attached hydrogens (tertiary/aromatic N) is 2. The van der Waals surface area contributed by atoms with Crippen LogP contribution in [-0.4, -0.2) is 28.2 Å². The van der Waals surface area contributed by atoms with Gasteiger partial charge in [0.2, 0.25) is 0 Å². The quantitative estimate of drug-likeness (QED) is 0.607. The van der Waals surface area contributed by atoms with Crippen LogP contribution in [0.1, 0.15) is 12.1 Å². The lowest BCUT2D eigenvalue weighted by Gasteiger charge is -1.98. The molecule has 6 heteroatoms. The number of methoxy groups -OCH3 is 1. The van der Waals surface area contributed by atoms with Crippen LogP contribution in [0.4, 0.5) is 0 Å². The smallest absolute Gasteiger partial charge is 0.306 e. The van der Waals surface area contributed by atoms with E-state index in [-0.39, 0.29) is 5.97 Å². The van der Waals surface area contributed by atoms with Gasteiger partial charge in [-0.3, -0.25) is 9.20 Å². The summed E-state index contributed by atoms with van der Waals surface area (Å²) in [5.41, 5.74) is 1.06. The highest BCUT2D eigenvalue weighted by Crippen LogP contribution is 2.16. The van der Waals surface area contributed by atoms with E-state index in [4.69, 9.17) is 0 Å². The lowest BCUT2D eigenvalue weighted by Crippen LogP contribution is -2.01. The minimum atomic E-state index is -0.154. The van der Waals surface area contributed by atoms with Crippen molar-refractivity contribution in [3.05, 3.63) is 23.5 Å². The molecule has 0 N–H and O–H groups in total. The summed E-state index contributed by atoms with van der Waals surface area (Å²) in [7, 11) is 1.41. The summed E-state index contributed by atoms with van der Waals surface area (Å²) in [6.07, 6.45) is 4.48. The summed E-state index contributed by atoms with van der Waals surface area (Å²) in [6, 6.07) is 0. The summed E-state index contributed by atoms with van der Waals surface area (Å²) in [4.78, 5) is 16.3. The predicted molar refractivity (Wildman–Crippen MR) is 65.9 cm³/mol. The molecule has 2 rings (SSSR count). The summed E-state index contributed by atoms with van der Waals surface area (Å²) >= 11 is 3.32.